The van der Waals surface area contributed by atoms with Gasteiger partial charge in [0.25, 0.3) is 5.91 Å². The van der Waals surface area contributed by atoms with Crippen LogP contribution in [-0.4, -0.2) is 51.9 Å². The summed E-state index contributed by atoms with van der Waals surface area (Å²) in [4.78, 5) is 13.7. The molecule has 2 saturated heterocycles. The molecular weight excluding hydrogens is 393 g/mol. The maximum Gasteiger partial charge on any atom is 0.256 e. The van der Waals surface area contributed by atoms with Crippen LogP contribution in [0.1, 0.15) is 42.5 Å². The molecule has 0 spiro atoms. The molecule has 1 aromatic rings. The lowest BCUT2D eigenvalue weighted by Crippen LogP contribution is -2.33. The zero-order valence-electron chi connectivity index (χ0n) is 15.2. The molecule has 1 aromatic carbocycles. The van der Waals surface area contributed by atoms with Crippen LogP contribution in [0.5, 0.6) is 0 Å². The van der Waals surface area contributed by atoms with E-state index in [0.29, 0.717) is 25.6 Å². The molecule has 9 heteroatoms. The summed E-state index contributed by atoms with van der Waals surface area (Å²) >= 11 is 0. The quantitative estimate of drug-likeness (QED) is 0.740. The fourth-order valence-electron chi connectivity index (χ4n) is 3.58. The minimum Gasteiger partial charge on any atom is -0.339 e. The number of hydrogen-bond donors (Lipinski definition) is 2. The van der Waals surface area contributed by atoms with E-state index in [0.717, 1.165) is 51.3 Å². The van der Waals surface area contributed by atoms with E-state index in [2.05, 4.69) is 10.0 Å². The highest BCUT2D eigenvalue weighted by Gasteiger charge is 2.24. The van der Waals surface area contributed by atoms with Gasteiger partial charge in [-0.3, -0.25) is 4.79 Å². The van der Waals surface area contributed by atoms with Gasteiger partial charge in [0.2, 0.25) is 10.0 Å². The molecule has 2 heterocycles. The van der Waals surface area contributed by atoms with Gasteiger partial charge >= 0.3 is 0 Å². The average molecular weight is 420 g/mol. The number of piperidine rings is 1. The third kappa shape index (κ3) is 5.63. The molecule has 0 aliphatic carbocycles. The zero-order chi connectivity index (χ0) is 18.6. The Morgan fingerprint density at radius 3 is 2.63 bits per heavy atom. The average Bonchev–Trinajstić information content (AvgIpc) is 3.16. The van der Waals surface area contributed by atoms with Crippen LogP contribution in [0.4, 0.5) is 4.39 Å². The van der Waals surface area contributed by atoms with E-state index in [9.17, 15) is 17.6 Å². The summed E-state index contributed by atoms with van der Waals surface area (Å²) in [5.74, 6) is -0.702. The van der Waals surface area contributed by atoms with Crippen molar-refractivity contribution in [1.29, 1.82) is 0 Å². The lowest BCUT2D eigenvalue weighted by atomic mass is 9.96. The summed E-state index contributed by atoms with van der Waals surface area (Å²) < 4.78 is 41.6. The van der Waals surface area contributed by atoms with Crippen molar-refractivity contribution in [2.75, 3.05) is 32.7 Å². The third-order valence-corrected chi connectivity index (χ3v) is 6.58. The van der Waals surface area contributed by atoms with Gasteiger partial charge in [-0.05, 0) is 69.3 Å². The number of hydrogen-bond acceptors (Lipinski definition) is 4. The van der Waals surface area contributed by atoms with Gasteiger partial charge in [0.15, 0.2) is 0 Å². The van der Waals surface area contributed by atoms with Crippen LogP contribution in [0.3, 0.4) is 0 Å². The minimum atomic E-state index is -3.78. The highest BCUT2D eigenvalue weighted by molar-refractivity contribution is 7.89. The Kier molecular flexibility index (Phi) is 8.03. The van der Waals surface area contributed by atoms with Gasteiger partial charge in [0.1, 0.15) is 5.82 Å². The molecule has 6 nitrogen and oxygen atoms in total. The van der Waals surface area contributed by atoms with Gasteiger partial charge in [-0.2, -0.15) is 0 Å². The third-order valence-electron chi connectivity index (χ3n) is 5.12. The zero-order valence-corrected chi connectivity index (χ0v) is 16.9. The molecule has 2 aliphatic rings. The summed E-state index contributed by atoms with van der Waals surface area (Å²) in [7, 11) is -3.78. The van der Waals surface area contributed by atoms with Crippen LogP contribution < -0.4 is 10.0 Å². The van der Waals surface area contributed by atoms with Crippen molar-refractivity contribution < 1.29 is 17.6 Å². The van der Waals surface area contributed by atoms with Crippen molar-refractivity contribution in [3.63, 3.8) is 0 Å². The van der Waals surface area contributed by atoms with Crippen LogP contribution in [0.2, 0.25) is 0 Å². The number of nitrogens with zero attached hydrogens (tertiary/aromatic N) is 1. The molecule has 0 aromatic heterocycles. The van der Waals surface area contributed by atoms with E-state index in [-0.39, 0.29) is 28.8 Å². The number of halogens is 2. The SMILES string of the molecule is Cl.O=C(c1ccc(S(=O)(=O)NCCC2CCCNC2)cc1F)N1CCCC1. The first-order valence-corrected chi connectivity index (χ1v) is 10.7. The summed E-state index contributed by atoms with van der Waals surface area (Å²) in [5.41, 5.74) is -0.0702. The molecule has 0 radical (unpaired) electrons. The number of nitrogens with one attached hydrogen (secondary N) is 2. The summed E-state index contributed by atoms with van der Waals surface area (Å²) in [6, 6.07) is 3.51. The Balaban J connectivity index is 0.00000261. The fourth-order valence-corrected chi connectivity index (χ4v) is 4.64. The van der Waals surface area contributed by atoms with E-state index in [1.165, 1.54) is 12.1 Å². The van der Waals surface area contributed by atoms with Crippen LogP contribution in [0.25, 0.3) is 0 Å². The standard InChI is InChI=1S/C18H26FN3O3S.ClH/c19-17-12-15(5-6-16(17)18(23)22-10-1-2-11-22)26(24,25)21-9-7-14-4-3-8-20-13-14;/h5-6,12,14,20-21H,1-4,7-11,13H2;1H. The first-order valence-electron chi connectivity index (χ1n) is 9.26. The Hall–Kier alpha value is -1.22. The van der Waals surface area contributed by atoms with E-state index < -0.39 is 15.8 Å². The predicted octanol–water partition coefficient (Wildman–Crippen LogP) is 2.15. The molecule has 1 unspecified atom stereocenters. The monoisotopic (exact) mass is 419 g/mol. The Morgan fingerprint density at radius 2 is 2.00 bits per heavy atom. The largest absolute Gasteiger partial charge is 0.339 e. The minimum absolute atomic E-state index is 0. The number of likely N-dealkylation sites (tertiary alicyclic amines) is 1. The highest BCUT2D eigenvalue weighted by Crippen LogP contribution is 2.19. The van der Waals surface area contributed by atoms with Crippen molar-refractivity contribution in [3.05, 3.63) is 29.6 Å². The number of carbonyl (C=O) groups excluding carboxylic acids is 1. The van der Waals surface area contributed by atoms with Gasteiger partial charge < -0.3 is 10.2 Å². The predicted molar refractivity (Wildman–Crippen MR) is 104 cm³/mol. The number of sulfonamides is 1. The molecule has 0 saturated carbocycles. The Labute approximate surface area is 166 Å². The van der Waals surface area contributed by atoms with Crippen molar-refractivity contribution in [2.24, 2.45) is 5.92 Å². The number of benzene rings is 1. The molecule has 1 atom stereocenters. The topological polar surface area (TPSA) is 78.5 Å². The van der Waals surface area contributed by atoms with Crippen molar-refractivity contribution in [1.82, 2.24) is 14.9 Å². The number of rotatable bonds is 6. The van der Waals surface area contributed by atoms with E-state index in [4.69, 9.17) is 0 Å². The fraction of sp³-hybridized carbons (Fsp3) is 0.611. The van der Waals surface area contributed by atoms with Gasteiger partial charge in [0, 0.05) is 19.6 Å². The molecule has 2 aliphatic heterocycles. The van der Waals surface area contributed by atoms with Crippen LogP contribution in [0.15, 0.2) is 23.1 Å². The summed E-state index contributed by atoms with van der Waals surface area (Å²) in [6.45, 7) is 3.49. The second-order valence-electron chi connectivity index (χ2n) is 7.04. The first-order chi connectivity index (χ1) is 12.5. The maximum absolute atomic E-state index is 14.3. The second kappa shape index (κ2) is 9.82. The number of carbonyl (C=O) groups is 1. The van der Waals surface area contributed by atoms with Gasteiger partial charge in [0.05, 0.1) is 10.5 Å². The normalized spacial score (nSPS) is 20.3. The van der Waals surface area contributed by atoms with Crippen molar-refractivity contribution in [2.45, 2.75) is 37.0 Å². The van der Waals surface area contributed by atoms with E-state index in [1.54, 1.807) is 4.90 Å². The molecule has 3 rings (SSSR count). The lowest BCUT2D eigenvalue weighted by molar-refractivity contribution is 0.0788. The molecule has 152 valence electrons. The second-order valence-corrected chi connectivity index (χ2v) is 8.81. The molecule has 0 bridgehead atoms. The summed E-state index contributed by atoms with van der Waals surface area (Å²) in [6.07, 6.45) is 4.78. The molecule has 1 amide bonds. The molecule has 2 N–H and O–H groups in total. The Bertz CT molecular complexity index is 748. The molecule has 27 heavy (non-hydrogen) atoms. The van der Waals surface area contributed by atoms with E-state index in [1.807, 2.05) is 0 Å². The maximum atomic E-state index is 14.3. The Morgan fingerprint density at radius 1 is 1.26 bits per heavy atom. The summed E-state index contributed by atoms with van der Waals surface area (Å²) in [5, 5.41) is 3.30. The van der Waals surface area contributed by atoms with Gasteiger partial charge in [-0.15, -0.1) is 12.4 Å². The van der Waals surface area contributed by atoms with Crippen LogP contribution >= 0.6 is 12.4 Å². The van der Waals surface area contributed by atoms with Gasteiger partial charge in [-0.25, -0.2) is 17.5 Å². The lowest BCUT2D eigenvalue weighted by Gasteiger charge is -2.22. The van der Waals surface area contributed by atoms with Crippen molar-refractivity contribution in [3.8, 4) is 0 Å². The van der Waals surface area contributed by atoms with Crippen LogP contribution in [-0.2, 0) is 10.0 Å². The highest BCUT2D eigenvalue weighted by atomic mass is 35.5. The number of amides is 1. The van der Waals surface area contributed by atoms with Crippen molar-refractivity contribution >= 4 is 28.3 Å². The molecular formula is C18H27ClFN3O3S. The smallest absolute Gasteiger partial charge is 0.256 e. The van der Waals surface area contributed by atoms with Gasteiger partial charge in [-0.1, -0.05) is 0 Å². The van der Waals surface area contributed by atoms with Crippen LogP contribution in [0, 0.1) is 11.7 Å². The van der Waals surface area contributed by atoms with E-state index >= 15 is 0 Å². The first kappa shape index (κ1) is 22.1. The molecule has 2 fully saturated rings.